The van der Waals surface area contributed by atoms with Crippen molar-refractivity contribution < 1.29 is 23.8 Å². The Hall–Kier alpha value is -3.26. The SMILES string of the molecule is COc1cccc(NC(=O)CN(C)C(=O)CN(C)Cc2ccc(OC)cc2OC)c1. The van der Waals surface area contributed by atoms with Crippen LogP contribution in [0.5, 0.6) is 17.2 Å². The third kappa shape index (κ3) is 6.66. The summed E-state index contributed by atoms with van der Waals surface area (Å²) in [4.78, 5) is 28.0. The van der Waals surface area contributed by atoms with Crippen LogP contribution in [0.3, 0.4) is 0 Å². The summed E-state index contributed by atoms with van der Waals surface area (Å²) in [5.74, 6) is 1.60. The van der Waals surface area contributed by atoms with Crippen molar-refractivity contribution in [2.24, 2.45) is 0 Å². The first-order valence-electron chi connectivity index (χ1n) is 9.43. The lowest BCUT2D eigenvalue weighted by Crippen LogP contribution is -2.40. The van der Waals surface area contributed by atoms with Gasteiger partial charge in [-0.3, -0.25) is 14.5 Å². The summed E-state index contributed by atoms with van der Waals surface area (Å²) >= 11 is 0. The van der Waals surface area contributed by atoms with Gasteiger partial charge in [0.15, 0.2) is 0 Å². The quantitative estimate of drug-likeness (QED) is 0.641. The monoisotopic (exact) mass is 415 g/mol. The number of nitrogens with zero attached hydrogens (tertiary/aromatic N) is 2. The second-order valence-electron chi connectivity index (χ2n) is 6.88. The summed E-state index contributed by atoms with van der Waals surface area (Å²) < 4.78 is 15.7. The van der Waals surface area contributed by atoms with E-state index in [-0.39, 0.29) is 24.9 Å². The molecular weight excluding hydrogens is 386 g/mol. The lowest BCUT2D eigenvalue weighted by molar-refractivity contribution is -0.134. The molecule has 0 aliphatic rings. The smallest absolute Gasteiger partial charge is 0.243 e. The number of likely N-dealkylation sites (N-methyl/N-ethyl adjacent to an activating group) is 2. The van der Waals surface area contributed by atoms with Crippen molar-refractivity contribution in [3.63, 3.8) is 0 Å². The molecule has 2 amide bonds. The summed E-state index contributed by atoms with van der Waals surface area (Å²) in [6, 6.07) is 12.6. The van der Waals surface area contributed by atoms with Crippen LogP contribution in [0.1, 0.15) is 5.56 Å². The first kappa shape index (κ1) is 23.0. The fourth-order valence-electron chi connectivity index (χ4n) is 2.89. The van der Waals surface area contributed by atoms with Crippen molar-refractivity contribution in [1.29, 1.82) is 0 Å². The van der Waals surface area contributed by atoms with E-state index in [9.17, 15) is 9.59 Å². The number of carbonyl (C=O) groups excluding carboxylic acids is 2. The zero-order chi connectivity index (χ0) is 22.1. The predicted octanol–water partition coefficient (Wildman–Crippen LogP) is 2.24. The summed E-state index contributed by atoms with van der Waals surface area (Å²) in [6.45, 7) is 0.636. The maximum atomic E-state index is 12.5. The van der Waals surface area contributed by atoms with Crippen molar-refractivity contribution in [1.82, 2.24) is 9.80 Å². The van der Waals surface area contributed by atoms with Crippen LogP contribution in [0.2, 0.25) is 0 Å². The van der Waals surface area contributed by atoms with E-state index in [2.05, 4.69) is 5.32 Å². The summed E-state index contributed by atoms with van der Waals surface area (Å²) in [6.07, 6.45) is 0. The van der Waals surface area contributed by atoms with E-state index in [4.69, 9.17) is 14.2 Å². The minimum absolute atomic E-state index is 0.0459. The number of amides is 2. The molecule has 162 valence electrons. The van der Waals surface area contributed by atoms with E-state index >= 15 is 0 Å². The first-order valence-corrected chi connectivity index (χ1v) is 9.43. The average molecular weight is 415 g/mol. The van der Waals surface area contributed by atoms with E-state index in [1.165, 1.54) is 4.90 Å². The number of hydrogen-bond acceptors (Lipinski definition) is 6. The molecule has 0 aliphatic heterocycles. The molecule has 0 bridgehead atoms. The molecule has 0 unspecified atom stereocenters. The van der Waals surface area contributed by atoms with Crippen LogP contribution < -0.4 is 19.5 Å². The molecule has 8 nitrogen and oxygen atoms in total. The van der Waals surface area contributed by atoms with Crippen LogP contribution in [0.25, 0.3) is 0 Å². The minimum Gasteiger partial charge on any atom is -0.497 e. The molecular formula is C22H29N3O5. The van der Waals surface area contributed by atoms with Gasteiger partial charge >= 0.3 is 0 Å². The fourth-order valence-corrected chi connectivity index (χ4v) is 2.89. The van der Waals surface area contributed by atoms with E-state index in [0.29, 0.717) is 29.5 Å². The van der Waals surface area contributed by atoms with Crippen LogP contribution in [-0.4, -0.2) is 70.1 Å². The third-order valence-electron chi connectivity index (χ3n) is 4.50. The number of nitrogens with one attached hydrogen (secondary N) is 1. The molecule has 0 spiro atoms. The Labute approximate surface area is 177 Å². The van der Waals surface area contributed by atoms with Gasteiger partial charge in [0.05, 0.1) is 34.4 Å². The summed E-state index contributed by atoms with van der Waals surface area (Å²) in [5.41, 5.74) is 1.55. The molecule has 2 rings (SSSR count). The highest BCUT2D eigenvalue weighted by Gasteiger charge is 2.16. The Morgan fingerprint density at radius 3 is 2.27 bits per heavy atom. The van der Waals surface area contributed by atoms with Crippen LogP contribution in [0, 0.1) is 0 Å². The van der Waals surface area contributed by atoms with Crippen LogP contribution >= 0.6 is 0 Å². The highest BCUT2D eigenvalue weighted by molar-refractivity contribution is 5.94. The Bertz CT molecular complexity index is 872. The number of carbonyl (C=O) groups is 2. The van der Waals surface area contributed by atoms with Gasteiger partial charge in [-0.2, -0.15) is 0 Å². The molecule has 0 saturated heterocycles. The molecule has 2 aromatic carbocycles. The van der Waals surface area contributed by atoms with Gasteiger partial charge in [0.2, 0.25) is 11.8 Å². The van der Waals surface area contributed by atoms with Crippen molar-refractivity contribution in [3.8, 4) is 17.2 Å². The zero-order valence-electron chi connectivity index (χ0n) is 18.1. The number of benzene rings is 2. The molecule has 0 radical (unpaired) electrons. The highest BCUT2D eigenvalue weighted by Crippen LogP contribution is 2.25. The van der Waals surface area contributed by atoms with Gasteiger partial charge in [-0.1, -0.05) is 12.1 Å². The van der Waals surface area contributed by atoms with Crippen molar-refractivity contribution in [3.05, 3.63) is 48.0 Å². The van der Waals surface area contributed by atoms with Crippen LogP contribution in [0.4, 0.5) is 5.69 Å². The van der Waals surface area contributed by atoms with Crippen LogP contribution in [0.15, 0.2) is 42.5 Å². The van der Waals surface area contributed by atoms with Gasteiger partial charge in [-0.05, 0) is 25.2 Å². The van der Waals surface area contributed by atoms with Gasteiger partial charge in [-0.15, -0.1) is 0 Å². The molecule has 0 heterocycles. The molecule has 0 aliphatic carbocycles. The second kappa shape index (κ2) is 11.1. The summed E-state index contributed by atoms with van der Waals surface area (Å²) in [7, 11) is 8.20. The van der Waals surface area contributed by atoms with Crippen molar-refractivity contribution in [2.45, 2.75) is 6.54 Å². The van der Waals surface area contributed by atoms with Crippen molar-refractivity contribution >= 4 is 17.5 Å². The molecule has 1 N–H and O–H groups in total. The lowest BCUT2D eigenvalue weighted by atomic mass is 10.2. The second-order valence-corrected chi connectivity index (χ2v) is 6.88. The highest BCUT2D eigenvalue weighted by atomic mass is 16.5. The largest absolute Gasteiger partial charge is 0.497 e. The topological polar surface area (TPSA) is 80.3 Å². The number of anilines is 1. The van der Waals surface area contributed by atoms with Crippen molar-refractivity contribution in [2.75, 3.05) is 53.8 Å². The molecule has 8 heteroatoms. The zero-order valence-corrected chi connectivity index (χ0v) is 18.1. The van der Waals surface area contributed by atoms with E-state index in [0.717, 1.165) is 5.56 Å². The molecule has 0 atom stereocenters. The normalized spacial score (nSPS) is 10.5. The van der Waals surface area contributed by atoms with E-state index in [1.807, 2.05) is 24.1 Å². The Balaban J connectivity index is 1.87. The Kier molecular flexibility index (Phi) is 8.49. The van der Waals surface area contributed by atoms with Gasteiger partial charge in [0.1, 0.15) is 17.2 Å². The average Bonchev–Trinajstić information content (AvgIpc) is 2.73. The van der Waals surface area contributed by atoms with Crippen LogP contribution in [-0.2, 0) is 16.1 Å². The molecule has 0 aromatic heterocycles. The van der Waals surface area contributed by atoms with Gasteiger partial charge in [0.25, 0.3) is 0 Å². The standard InChI is InChI=1S/C22H29N3O5/c1-24(13-16-9-10-19(29-4)12-20(16)30-5)15-22(27)25(2)14-21(26)23-17-7-6-8-18(11-17)28-3/h6-12H,13-15H2,1-5H3,(H,23,26). The number of methoxy groups -OCH3 is 3. The van der Waals surface area contributed by atoms with Gasteiger partial charge in [-0.25, -0.2) is 0 Å². The summed E-state index contributed by atoms with van der Waals surface area (Å²) in [5, 5.41) is 2.77. The molecule has 0 saturated carbocycles. The third-order valence-corrected chi connectivity index (χ3v) is 4.50. The Morgan fingerprint density at radius 1 is 0.900 bits per heavy atom. The number of hydrogen-bond donors (Lipinski definition) is 1. The maximum absolute atomic E-state index is 12.5. The Morgan fingerprint density at radius 2 is 1.60 bits per heavy atom. The fraction of sp³-hybridized carbons (Fsp3) is 0.364. The first-order chi connectivity index (χ1) is 14.4. The van der Waals surface area contributed by atoms with E-state index in [1.54, 1.807) is 58.7 Å². The minimum atomic E-state index is -0.279. The predicted molar refractivity (Wildman–Crippen MR) is 115 cm³/mol. The number of ether oxygens (including phenoxy) is 3. The lowest BCUT2D eigenvalue weighted by Gasteiger charge is -2.22. The van der Waals surface area contributed by atoms with Gasteiger partial charge in [0, 0.05) is 37.0 Å². The van der Waals surface area contributed by atoms with Gasteiger partial charge < -0.3 is 24.4 Å². The molecule has 2 aromatic rings. The molecule has 0 fully saturated rings. The molecule has 30 heavy (non-hydrogen) atoms. The van der Waals surface area contributed by atoms with E-state index < -0.39 is 0 Å². The maximum Gasteiger partial charge on any atom is 0.243 e. The number of rotatable bonds is 10.